The largest absolute Gasteiger partial charge is 0.462 e. The maximum atomic E-state index is 8.60. The molecule has 0 fully saturated rings. The first-order valence-electron chi connectivity index (χ1n) is 3.19. The van der Waals surface area contributed by atoms with Crippen LogP contribution in [-0.2, 0) is 6.61 Å². The van der Waals surface area contributed by atoms with Gasteiger partial charge in [0.05, 0.1) is 6.04 Å². The lowest BCUT2D eigenvalue weighted by Gasteiger charge is -1.97. The molecule has 0 aliphatic heterocycles. The topological polar surface area (TPSA) is 59.4 Å². The second-order valence-corrected chi connectivity index (χ2v) is 2.25. The first-order valence-corrected chi connectivity index (χ1v) is 3.19. The van der Waals surface area contributed by atoms with Crippen LogP contribution in [0.4, 0.5) is 0 Å². The third kappa shape index (κ3) is 2.54. The Morgan fingerprint density at radius 2 is 2.27 bits per heavy atom. The molecule has 0 aromatic carbocycles. The first-order chi connectivity index (χ1) is 4.74. The molecule has 0 saturated heterocycles. The molecule has 1 aromatic rings. The van der Waals surface area contributed by atoms with Gasteiger partial charge in [-0.15, -0.1) is 12.4 Å². The van der Waals surface area contributed by atoms with E-state index in [2.05, 4.69) is 0 Å². The zero-order chi connectivity index (χ0) is 7.56. The normalized spacial score (nSPS) is 12.3. The van der Waals surface area contributed by atoms with Crippen LogP contribution in [0.3, 0.4) is 0 Å². The summed E-state index contributed by atoms with van der Waals surface area (Å²) >= 11 is 0. The predicted octanol–water partition coefficient (Wildman–Crippen LogP) is 1.21. The quantitative estimate of drug-likeness (QED) is 0.714. The van der Waals surface area contributed by atoms with Crippen molar-refractivity contribution in [2.45, 2.75) is 19.6 Å². The van der Waals surface area contributed by atoms with Gasteiger partial charge in [-0.2, -0.15) is 0 Å². The fraction of sp³-hybridized carbons (Fsp3) is 0.429. The predicted molar refractivity (Wildman–Crippen MR) is 44.5 cm³/mol. The van der Waals surface area contributed by atoms with E-state index in [4.69, 9.17) is 15.3 Å². The molecule has 1 rings (SSSR count). The van der Waals surface area contributed by atoms with Gasteiger partial charge in [-0.25, -0.2) is 0 Å². The van der Waals surface area contributed by atoms with E-state index in [1.54, 1.807) is 12.1 Å². The summed E-state index contributed by atoms with van der Waals surface area (Å²) in [6, 6.07) is 3.40. The standard InChI is InChI=1S/C7H11NO2.ClH/c1-5(8)7-3-2-6(4-9)10-7;/h2-3,5,9H,4,8H2,1H3;1H/t5-;/m0./s1. The molecule has 0 aliphatic carbocycles. The third-order valence-corrected chi connectivity index (χ3v) is 1.29. The highest BCUT2D eigenvalue weighted by molar-refractivity contribution is 5.85. The minimum absolute atomic E-state index is 0. The van der Waals surface area contributed by atoms with Gasteiger partial charge in [0, 0.05) is 0 Å². The van der Waals surface area contributed by atoms with Crippen molar-refractivity contribution in [1.82, 2.24) is 0 Å². The second kappa shape index (κ2) is 4.38. The number of hydrogen-bond donors (Lipinski definition) is 2. The van der Waals surface area contributed by atoms with Crippen molar-refractivity contribution in [2.75, 3.05) is 0 Å². The number of hydrogen-bond acceptors (Lipinski definition) is 3. The van der Waals surface area contributed by atoms with Gasteiger partial charge in [-0.05, 0) is 19.1 Å². The Balaban J connectivity index is 0.000001000. The summed E-state index contributed by atoms with van der Waals surface area (Å²) in [4.78, 5) is 0. The summed E-state index contributed by atoms with van der Waals surface area (Å²) in [7, 11) is 0. The molecule has 64 valence electrons. The molecule has 0 amide bonds. The zero-order valence-electron chi connectivity index (χ0n) is 6.28. The fourth-order valence-electron chi connectivity index (χ4n) is 0.724. The SMILES string of the molecule is C[C@H](N)c1ccc(CO)o1.Cl. The van der Waals surface area contributed by atoms with E-state index in [1.165, 1.54) is 0 Å². The highest BCUT2D eigenvalue weighted by Crippen LogP contribution is 2.13. The Hall–Kier alpha value is -0.510. The van der Waals surface area contributed by atoms with Crippen LogP contribution in [0.2, 0.25) is 0 Å². The molecule has 1 atom stereocenters. The molecule has 0 unspecified atom stereocenters. The first kappa shape index (κ1) is 10.5. The molecule has 11 heavy (non-hydrogen) atoms. The van der Waals surface area contributed by atoms with E-state index in [1.807, 2.05) is 6.92 Å². The highest BCUT2D eigenvalue weighted by Gasteiger charge is 2.03. The number of nitrogens with two attached hydrogens (primary N) is 1. The average molecular weight is 178 g/mol. The van der Waals surface area contributed by atoms with E-state index < -0.39 is 0 Å². The van der Waals surface area contributed by atoms with Gasteiger partial charge in [-0.3, -0.25) is 0 Å². The van der Waals surface area contributed by atoms with Crippen LogP contribution >= 0.6 is 12.4 Å². The lowest BCUT2D eigenvalue weighted by Crippen LogP contribution is -2.02. The summed E-state index contributed by atoms with van der Waals surface area (Å²) in [5, 5.41) is 8.60. The molecular formula is C7H12ClNO2. The summed E-state index contributed by atoms with van der Waals surface area (Å²) in [5.74, 6) is 1.27. The molecule has 3 nitrogen and oxygen atoms in total. The van der Waals surface area contributed by atoms with Gasteiger partial charge in [0.25, 0.3) is 0 Å². The number of aliphatic hydroxyl groups is 1. The lowest BCUT2D eigenvalue weighted by atomic mass is 10.3. The van der Waals surface area contributed by atoms with E-state index >= 15 is 0 Å². The summed E-state index contributed by atoms with van der Waals surface area (Å²) < 4.78 is 5.12. The van der Waals surface area contributed by atoms with Crippen molar-refractivity contribution < 1.29 is 9.52 Å². The Morgan fingerprint density at radius 1 is 1.64 bits per heavy atom. The van der Waals surface area contributed by atoms with Crippen molar-refractivity contribution in [2.24, 2.45) is 5.73 Å². The number of furan rings is 1. The molecule has 3 N–H and O–H groups in total. The Bertz CT molecular complexity index is 210. The Kier molecular flexibility index (Phi) is 4.18. The minimum atomic E-state index is -0.0969. The molecule has 0 bridgehead atoms. The second-order valence-electron chi connectivity index (χ2n) is 2.25. The number of rotatable bonds is 2. The van der Waals surface area contributed by atoms with Crippen molar-refractivity contribution in [3.05, 3.63) is 23.7 Å². The number of aliphatic hydroxyl groups excluding tert-OH is 1. The van der Waals surface area contributed by atoms with E-state index in [9.17, 15) is 0 Å². The van der Waals surface area contributed by atoms with Gasteiger partial charge >= 0.3 is 0 Å². The third-order valence-electron chi connectivity index (χ3n) is 1.29. The number of halogens is 1. The van der Waals surface area contributed by atoms with E-state index in [-0.39, 0.29) is 25.1 Å². The Morgan fingerprint density at radius 3 is 2.55 bits per heavy atom. The van der Waals surface area contributed by atoms with E-state index in [0.29, 0.717) is 11.5 Å². The van der Waals surface area contributed by atoms with Crippen LogP contribution in [0.1, 0.15) is 24.5 Å². The minimum Gasteiger partial charge on any atom is -0.462 e. The summed E-state index contributed by atoms with van der Waals surface area (Å²) in [6.45, 7) is 1.77. The van der Waals surface area contributed by atoms with Crippen LogP contribution in [0.25, 0.3) is 0 Å². The van der Waals surface area contributed by atoms with Crippen LogP contribution < -0.4 is 5.73 Å². The zero-order valence-corrected chi connectivity index (χ0v) is 7.10. The molecule has 0 radical (unpaired) electrons. The van der Waals surface area contributed by atoms with Crippen LogP contribution in [-0.4, -0.2) is 5.11 Å². The van der Waals surface area contributed by atoms with Crippen molar-refractivity contribution in [1.29, 1.82) is 0 Å². The molecule has 1 heterocycles. The molecule has 4 heteroatoms. The van der Waals surface area contributed by atoms with Crippen molar-refractivity contribution in [3.63, 3.8) is 0 Å². The van der Waals surface area contributed by atoms with Gasteiger partial charge in [0.2, 0.25) is 0 Å². The van der Waals surface area contributed by atoms with Crippen LogP contribution in [0, 0.1) is 0 Å². The van der Waals surface area contributed by atoms with Crippen molar-refractivity contribution in [3.8, 4) is 0 Å². The van der Waals surface area contributed by atoms with E-state index in [0.717, 1.165) is 0 Å². The van der Waals surface area contributed by atoms with Gasteiger partial charge < -0.3 is 15.3 Å². The van der Waals surface area contributed by atoms with Gasteiger partial charge in [0.15, 0.2) is 0 Å². The maximum absolute atomic E-state index is 8.60. The Labute approximate surface area is 71.6 Å². The average Bonchev–Trinajstić information content (AvgIpc) is 2.34. The van der Waals surface area contributed by atoms with Crippen LogP contribution in [0.5, 0.6) is 0 Å². The summed E-state index contributed by atoms with van der Waals surface area (Å²) in [5.41, 5.74) is 5.51. The van der Waals surface area contributed by atoms with Gasteiger partial charge in [0.1, 0.15) is 18.1 Å². The fourth-order valence-corrected chi connectivity index (χ4v) is 0.724. The monoisotopic (exact) mass is 177 g/mol. The molecule has 0 spiro atoms. The maximum Gasteiger partial charge on any atom is 0.129 e. The highest BCUT2D eigenvalue weighted by atomic mass is 35.5. The molecule has 0 saturated carbocycles. The van der Waals surface area contributed by atoms with Gasteiger partial charge in [-0.1, -0.05) is 0 Å². The van der Waals surface area contributed by atoms with Crippen LogP contribution in [0.15, 0.2) is 16.5 Å². The summed E-state index contributed by atoms with van der Waals surface area (Å²) in [6.07, 6.45) is 0. The molecule has 0 aliphatic rings. The lowest BCUT2D eigenvalue weighted by molar-refractivity contribution is 0.242. The van der Waals surface area contributed by atoms with Crippen molar-refractivity contribution >= 4 is 12.4 Å². The smallest absolute Gasteiger partial charge is 0.129 e. The molecule has 1 aromatic heterocycles. The molecular weight excluding hydrogens is 166 g/mol.